The second kappa shape index (κ2) is 2.22. The van der Waals surface area contributed by atoms with Crippen LogP contribution in [-0.4, -0.2) is 34.0 Å². The van der Waals surface area contributed by atoms with Crippen molar-refractivity contribution >= 4 is 11.9 Å². The van der Waals surface area contributed by atoms with Crippen molar-refractivity contribution in [2.45, 2.75) is 25.8 Å². The van der Waals surface area contributed by atoms with Crippen molar-refractivity contribution in [3.8, 4) is 0 Å². The molecular weight excluding hydrogens is 146 g/mol. The van der Waals surface area contributed by atoms with Gasteiger partial charge in [-0.15, -0.1) is 0 Å². The molecule has 1 aliphatic rings. The predicted octanol–water partition coefficient (Wildman–Crippen LogP) is 0.718. The maximum atomic E-state index is 10.9. The molecule has 0 aromatic carbocycles. The zero-order valence-corrected chi connectivity index (χ0v) is 6.63. The molecule has 1 N–H and O–H groups in total. The Labute approximate surface area is 64.8 Å². The molecule has 0 radical (unpaired) electrons. The summed E-state index contributed by atoms with van der Waals surface area (Å²) in [5.74, 6) is -0.00241. The number of carbonyl (C=O) groups excluding carboxylic acids is 1. The summed E-state index contributed by atoms with van der Waals surface area (Å²) >= 11 is 0. The van der Waals surface area contributed by atoms with E-state index in [0.29, 0.717) is 6.42 Å². The smallest absolute Gasteiger partial charge is 0.408 e. The second-order valence-corrected chi connectivity index (χ2v) is 3.40. The van der Waals surface area contributed by atoms with E-state index in [1.54, 1.807) is 13.8 Å². The molecule has 4 nitrogen and oxygen atoms in total. The minimum absolute atomic E-state index is 0.00241. The highest BCUT2D eigenvalue weighted by Crippen LogP contribution is 2.25. The molecular formula is C7H11NO3. The average molecular weight is 157 g/mol. The van der Waals surface area contributed by atoms with E-state index in [9.17, 15) is 9.59 Å². The molecule has 0 aliphatic carbocycles. The maximum Gasteiger partial charge on any atom is 0.408 e. The van der Waals surface area contributed by atoms with Crippen molar-refractivity contribution in [2.75, 3.05) is 6.54 Å². The number of carbonyl (C=O) groups is 2. The van der Waals surface area contributed by atoms with Gasteiger partial charge in [-0.25, -0.2) is 4.79 Å². The topological polar surface area (TPSA) is 57.6 Å². The highest BCUT2D eigenvalue weighted by molar-refractivity contribution is 5.88. The lowest BCUT2D eigenvalue weighted by molar-refractivity contribution is -0.116. The SMILES string of the molecule is CC1(C)CC(=O)CN1C(=O)O. The lowest BCUT2D eigenvalue weighted by Crippen LogP contribution is -2.41. The molecule has 0 bridgehead atoms. The van der Waals surface area contributed by atoms with Gasteiger partial charge in [0.15, 0.2) is 5.78 Å². The summed E-state index contributed by atoms with van der Waals surface area (Å²) < 4.78 is 0. The largest absolute Gasteiger partial charge is 0.465 e. The van der Waals surface area contributed by atoms with Crippen molar-refractivity contribution in [3.05, 3.63) is 0 Å². The van der Waals surface area contributed by atoms with E-state index >= 15 is 0 Å². The molecule has 1 fully saturated rings. The van der Waals surface area contributed by atoms with Crippen LogP contribution in [0.4, 0.5) is 4.79 Å². The standard InChI is InChI=1S/C7H11NO3/c1-7(2)3-5(9)4-8(7)6(10)11/h3-4H2,1-2H3,(H,10,11). The summed E-state index contributed by atoms with van der Waals surface area (Å²) in [6.07, 6.45) is -0.680. The molecule has 1 amide bonds. The molecule has 0 spiro atoms. The lowest BCUT2D eigenvalue weighted by Gasteiger charge is -2.27. The number of hydrogen-bond acceptors (Lipinski definition) is 2. The fraction of sp³-hybridized carbons (Fsp3) is 0.714. The number of rotatable bonds is 0. The molecule has 1 heterocycles. The van der Waals surface area contributed by atoms with E-state index in [1.807, 2.05) is 0 Å². The first-order chi connectivity index (χ1) is 4.93. The first-order valence-electron chi connectivity index (χ1n) is 3.46. The van der Waals surface area contributed by atoms with E-state index in [-0.39, 0.29) is 12.3 Å². The highest BCUT2D eigenvalue weighted by Gasteiger charge is 2.40. The average Bonchev–Trinajstić information content (AvgIpc) is 2.04. The molecule has 1 rings (SSSR count). The number of nitrogens with zero attached hydrogens (tertiary/aromatic N) is 1. The van der Waals surface area contributed by atoms with Crippen molar-refractivity contribution in [1.82, 2.24) is 4.90 Å². The molecule has 0 atom stereocenters. The second-order valence-electron chi connectivity index (χ2n) is 3.40. The minimum Gasteiger partial charge on any atom is -0.465 e. The Bertz CT molecular complexity index is 210. The van der Waals surface area contributed by atoms with E-state index in [2.05, 4.69) is 0 Å². The lowest BCUT2D eigenvalue weighted by atomic mass is 10.0. The molecule has 4 heteroatoms. The third-order valence-electron chi connectivity index (χ3n) is 1.93. The van der Waals surface area contributed by atoms with Crippen LogP contribution >= 0.6 is 0 Å². The van der Waals surface area contributed by atoms with Crippen LogP contribution < -0.4 is 0 Å². The van der Waals surface area contributed by atoms with Crippen LogP contribution in [0, 0.1) is 0 Å². The Morgan fingerprint density at radius 1 is 1.64 bits per heavy atom. The van der Waals surface area contributed by atoms with Gasteiger partial charge in [0.05, 0.1) is 6.54 Å². The van der Waals surface area contributed by atoms with Gasteiger partial charge in [0.25, 0.3) is 0 Å². The van der Waals surface area contributed by atoms with Crippen molar-refractivity contribution in [2.24, 2.45) is 0 Å². The van der Waals surface area contributed by atoms with Crippen LogP contribution in [0.15, 0.2) is 0 Å². The maximum absolute atomic E-state index is 10.9. The minimum atomic E-state index is -1.01. The highest BCUT2D eigenvalue weighted by atomic mass is 16.4. The summed E-state index contributed by atoms with van der Waals surface area (Å²) in [6, 6.07) is 0. The summed E-state index contributed by atoms with van der Waals surface area (Å²) in [6.45, 7) is 3.56. The third-order valence-corrected chi connectivity index (χ3v) is 1.93. The van der Waals surface area contributed by atoms with Crippen LogP contribution in [0.25, 0.3) is 0 Å². The van der Waals surface area contributed by atoms with Gasteiger partial charge in [0.1, 0.15) is 0 Å². The van der Waals surface area contributed by atoms with Gasteiger partial charge in [-0.1, -0.05) is 0 Å². The Balaban J connectivity index is 2.82. The third kappa shape index (κ3) is 1.34. The monoisotopic (exact) mass is 157 g/mol. The number of carboxylic acid groups (broad SMARTS) is 1. The van der Waals surface area contributed by atoms with Gasteiger partial charge in [-0.2, -0.15) is 0 Å². The first kappa shape index (κ1) is 8.04. The van der Waals surface area contributed by atoms with Gasteiger partial charge in [0.2, 0.25) is 0 Å². The number of ketones is 1. The Morgan fingerprint density at radius 2 is 2.18 bits per heavy atom. The summed E-state index contributed by atoms with van der Waals surface area (Å²) in [4.78, 5) is 22.6. The fourth-order valence-electron chi connectivity index (χ4n) is 1.35. The molecule has 0 unspecified atom stereocenters. The zero-order chi connectivity index (χ0) is 8.65. The van der Waals surface area contributed by atoms with Crippen LogP contribution in [0.3, 0.4) is 0 Å². The molecule has 11 heavy (non-hydrogen) atoms. The van der Waals surface area contributed by atoms with Crippen LogP contribution in [0.1, 0.15) is 20.3 Å². The quantitative estimate of drug-likeness (QED) is 0.563. The number of likely N-dealkylation sites (tertiary alicyclic amines) is 1. The summed E-state index contributed by atoms with van der Waals surface area (Å²) in [7, 11) is 0. The Morgan fingerprint density at radius 3 is 2.36 bits per heavy atom. The first-order valence-corrected chi connectivity index (χ1v) is 3.46. The normalized spacial score (nSPS) is 22.4. The van der Waals surface area contributed by atoms with Gasteiger partial charge >= 0.3 is 6.09 Å². The van der Waals surface area contributed by atoms with Crippen molar-refractivity contribution in [3.63, 3.8) is 0 Å². The van der Waals surface area contributed by atoms with E-state index in [4.69, 9.17) is 5.11 Å². The number of hydrogen-bond donors (Lipinski definition) is 1. The van der Waals surface area contributed by atoms with Crippen molar-refractivity contribution < 1.29 is 14.7 Å². The van der Waals surface area contributed by atoms with Gasteiger partial charge < -0.3 is 5.11 Å². The van der Waals surface area contributed by atoms with Crippen LogP contribution in [0.2, 0.25) is 0 Å². The van der Waals surface area contributed by atoms with Crippen LogP contribution in [-0.2, 0) is 4.79 Å². The molecule has 1 saturated heterocycles. The molecule has 0 aromatic heterocycles. The van der Waals surface area contributed by atoms with E-state index in [0.717, 1.165) is 0 Å². The van der Waals surface area contributed by atoms with Gasteiger partial charge in [-0.05, 0) is 13.8 Å². The summed E-state index contributed by atoms with van der Waals surface area (Å²) in [5.41, 5.74) is -0.511. The number of Topliss-reactive ketones (excluding diaryl/α,β-unsaturated/α-hetero) is 1. The van der Waals surface area contributed by atoms with E-state index < -0.39 is 11.6 Å². The molecule has 0 aromatic rings. The Hall–Kier alpha value is -1.06. The Kier molecular flexibility index (Phi) is 1.62. The zero-order valence-electron chi connectivity index (χ0n) is 6.63. The van der Waals surface area contributed by atoms with Crippen molar-refractivity contribution in [1.29, 1.82) is 0 Å². The van der Waals surface area contributed by atoms with Gasteiger partial charge in [0, 0.05) is 12.0 Å². The fourth-order valence-corrected chi connectivity index (χ4v) is 1.35. The predicted molar refractivity (Wildman–Crippen MR) is 38.4 cm³/mol. The molecule has 0 saturated carbocycles. The summed E-state index contributed by atoms with van der Waals surface area (Å²) in [5, 5.41) is 8.64. The van der Waals surface area contributed by atoms with Crippen LogP contribution in [0.5, 0.6) is 0 Å². The van der Waals surface area contributed by atoms with E-state index in [1.165, 1.54) is 4.90 Å². The molecule has 62 valence electrons. The van der Waals surface area contributed by atoms with Gasteiger partial charge in [-0.3, -0.25) is 9.69 Å². The molecule has 1 aliphatic heterocycles. The number of amides is 1.